The zero-order valence-corrected chi connectivity index (χ0v) is 11.3. The number of anilines is 2. The predicted octanol–water partition coefficient (Wildman–Crippen LogP) is 4.80. The molecular formula is C13H9BrN2S. The van der Waals surface area contributed by atoms with Crippen LogP contribution in [0.4, 0.5) is 10.8 Å². The number of aromatic nitrogens is 1. The number of para-hydroxylation sites is 1. The third-order valence-electron chi connectivity index (χ3n) is 2.39. The zero-order chi connectivity index (χ0) is 11.7. The molecule has 0 aliphatic heterocycles. The first-order chi connectivity index (χ1) is 8.31. The van der Waals surface area contributed by atoms with Gasteiger partial charge in [0.1, 0.15) is 0 Å². The summed E-state index contributed by atoms with van der Waals surface area (Å²) in [5, 5.41) is 4.23. The highest BCUT2D eigenvalue weighted by Gasteiger charge is 2.02. The monoisotopic (exact) mass is 304 g/mol. The molecule has 2 aromatic carbocycles. The highest BCUT2D eigenvalue weighted by Crippen LogP contribution is 2.28. The number of thiazole rings is 1. The summed E-state index contributed by atoms with van der Waals surface area (Å²) in [6, 6.07) is 16.2. The highest BCUT2D eigenvalue weighted by atomic mass is 79.9. The van der Waals surface area contributed by atoms with E-state index in [9.17, 15) is 0 Å². The molecule has 0 saturated heterocycles. The molecule has 3 rings (SSSR count). The number of fused-ring (bicyclic) bond motifs is 1. The molecule has 4 heteroatoms. The van der Waals surface area contributed by atoms with Gasteiger partial charge >= 0.3 is 0 Å². The van der Waals surface area contributed by atoms with Crippen LogP contribution >= 0.6 is 27.3 Å². The van der Waals surface area contributed by atoms with Gasteiger partial charge in [-0.05, 0) is 36.4 Å². The Bertz CT molecular complexity index is 613. The first-order valence-electron chi connectivity index (χ1n) is 5.19. The Morgan fingerprint density at radius 3 is 2.53 bits per heavy atom. The second-order valence-electron chi connectivity index (χ2n) is 3.62. The van der Waals surface area contributed by atoms with Gasteiger partial charge in [0.15, 0.2) is 5.13 Å². The average Bonchev–Trinajstić information content (AvgIpc) is 2.74. The largest absolute Gasteiger partial charge is 0.332 e. The maximum atomic E-state index is 4.53. The van der Waals surface area contributed by atoms with E-state index in [1.807, 2.05) is 42.5 Å². The maximum absolute atomic E-state index is 4.53. The average molecular weight is 305 g/mol. The van der Waals surface area contributed by atoms with E-state index in [0.717, 1.165) is 20.8 Å². The van der Waals surface area contributed by atoms with Gasteiger partial charge in [0, 0.05) is 10.2 Å². The lowest BCUT2D eigenvalue weighted by Gasteiger charge is -2.01. The lowest BCUT2D eigenvalue weighted by atomic mass is 10.3. The van der Waals surface area contributed by atoms with Crippen molar-refractivity contribution >= 4 is 48.3 Å². The number of halogens is 1. The van der Waals surface area contributed by atoms with Gasteiger partial charge in [-0.1, -0.05) is 39.4 Å². The van der Waals surface area contributed by atoms with Crippen LogP contribution in [0.2, 0.25) is 0 Å². The molecular weight excluding hydrogens is 296 g/mol. The molecule has 2 nitrogen and oxygen atoms in total. The standard InChI is InChI=1S/C13H9BrN2S/c14-9-5-7-10(8-6-9)15-13-16-11-3-1-2-4-12(11)17-13/h1-8H,(H,15,16). The Kier molecular flexibility index (Phi) is 2.82. The van der Waals surface area contributed by atoms with Crippen molar-refractivity contribution in [3.05, 3.63) is 53.0 Å². The van der Waals surface area contributed by atoms with Crippen molar-refractivity contribution in [2.75, 3.05) is 5.32 Å². The van der Waals surface area contributed by atoms with Gasteiger partial charge in [-0.25, -0.2) is 4.98 Å². The van der Waals surface area contributed by atoms with Crippen LogP contribution in [0.3, 0.4) is 0 Å². The SMILES string of the molecule is Brc1ccc(Nc2nc3ccccc3s2)cc1. The van der Waals surface area contributed by atoms with Crippen molar-refractivity contribution in [3.8, 4) is 0 Å². The summed E-state index contributed by atoms with van der Waals surface area (Å²) in [5.74, 6) is 0. The number of benzene rings is 2. The molecule has 17 heavy (non-hydrogen) atoms. The molecule has 0 fully saturated rings. The van der Waals surface area contributed by atoms with Crippen LogP contribution in [0.1, 0.15) is 0 Å². The lowest BCUT2D eigenvalue weighted by molar-refractivity contribution is 1.44. The van der Waals surface area contributed by atoms with E-state index in [1.165, 1.54) is 4.70 Å². The first-order valence-corrected chi connectivity index (χ1v) is 6.80. The van der Waals surface area contributed by atoms with Crippen molar-refractivity contribution < 1.29 is 0 Å². The molecule has 0 aliphatic rings. The summed E-state index contributed by atoms with van der Waals surface area (Å²) in [4.78, 5) is 4.53. The van der Waals surface area contributed by atoms with Crippen molar-refractivity contribution in [2.45, 2.75) is 0 Å². The van der Waals surface area contributed by atoms with E-state index >= 15 is 0 Å². The van der Waals surface area contributed by atoms with Crippen LogP contribution in [0.25, 0.3) is 10.2 Å². The molecule has 0 radical (unpaired) electrons. The molecule has 3 aromatic rings. The van der Waals surface area contributed by atoms with Gasteiger partial charge in [0.25, 0.3) is 0 Å². The van der Waals surface area contributed by atoms with Crippen molar-refractivity contribution in [1.82, 2.24) is 4.98 Å². The quantitative estimate of drug-likeness (QED) is 0.735. The molecule has 0 atom stereocenters. The van der Waals surface area contributed by atoms with Gasteiger partial charge in [-0.2, -0.15) is 0 Å². The highest BCUT2D eigenvalue weighted by molar-refractivity contribution is 9.10. The Morgan fingerprint density at radius 1 is 1.00 bits per heavy atom. The van der Waals surface area contributed by atoms with E-state index < -0.39 is 0 Å². The molecule has 84 valence electrons. The van der Waals surface area contributed by atoms with Crippen LogP contribution < -0.4 is 5.32 Å². The molecule has 1 N–H and O–H groups in total. The van der Waals surface area contributed by atoms with Crippen LogP contribution in [0, 0.1) is 0 Å². The Balaban J connectivity index is 1.92. The lowest BCUT2D eigenvalue weighted by Crippen LogP contribution is -1.87. The van der Waals surface area contributed by atoms with E-state index in [0.29, 0.717) is 0 Å². The third-order valence-corrected chi connectivity index (χ3v) is 3.87. The molecule has 0 unspecified atom stereocenters. The summed E-state index contributed by atoms with van der Waals surface area (Å²) in [6.45, 7) is 0. The number of nitrogens with one attached hydrogen (secondary N) is 1. The van der Waals surface area contributed by atoms with E-state index in [2.05, 4.69) is 32.3 Å². The zero-order valence-electron chi connectivity index (χ0n) is 8.85. The van der Waals surface area contributed by atoms with Crippen LogP contribution in [0.5, 0.6) is 0 Å². The minimum atomic E-state index is 0.925. The van der Waals surface area contributed by atoms with E-state index in [4.69, 9.17) is 0 Å². The fraction of sp³-hybridized carbons (Fsp3) is 0. The first kappa shape index (κ1) is 10.7. The molecule has 0 spiro atoms. The smallest absolute Gasteiger partial charge is 0.188 e. The summed E-state index contributed by atoms with van der Waals surface area (Å²) in [7, 11) is 0. The van der Waals surface area contributed by atoms with Crippen molar-refractivity contribution in [1.29, 1.82) is 0 Å². The Labute approximate surface area is 111 Å². The van der Waals surface area contributed by atoms with Crippen LogP contribution in [-0.2, 0) is 0 Å². The third kappa shape index (κ3) is 2.33. The molecule has 0 saturated carbocycles. The van der Waals surface area contributed by atoms with Gasteiger partial charge in [-0.15, -0.1) is 0 Å². The summed E-state index contributed by atoms with van der Waals surface area (Å²) in [6.07, 6.45) is 0. The molecule has 1 aromatic heterocycles. The fourth-order valence-corrected chi connectivity index (χ4v) is 2.73. The summed E-state index contributed by atoms with van der Waals surface area (Å²) in [5.41, 5.74) is 2.09. The van der Waals surface area contributed by atoms with Crippen LogP contribution in [-0.4, -0.2) is 4.98 Å². The second-order valence-corrected chi connectivity index (χ2v) is 5.56. The molecule has 0 aliphatic carbocycles. The molecule has 1 heterocycles. The van der Waals surface area contributed by atoms with Gasteiger partial charge in [0.05, 0.1) is 10.2 Å². The summed E-state index contributed by atoms with van der Waals surface area (Å²) >= 11 is 5.08. The minimum absolute atomic E-state index is 0.925. The van der Waals surface area contributed by atoms with Gasteiger partial charge in [-0.3, -0.25) is 0 Å². The van der Waals surface area contributed by atoms with E-state index in [-0.39, 0.29) is 0 Å². The van der Waals surface area contributed by atoms with Gasteiger partial charge < -0.3 is 5.32 Å². The summed E-state index contributed by atoms with van der Waals surface area (Å²) < 4.78 is 2.28. The second kappa shape index (κ2) is 4.47. The number of rotatable bonds is 2. The predicted molar refractivity (Wildman–Crippen MR) is 77.0 cm³/mol. The molecule has 0 amide bonds. The van der Waals surface area contributed by atoms with Crippen molar-refractivity contribution in [3.63, 3.8) is 0 Å². The van der Waals surface area contributed by atoms with Crippen molar-refractivity contribution in [2.24, 2.45) is 0 Å². The van der Waals surface area contributed by atoms with Crippen LogP contribution in [0.15, 0.2) is 53.0 Å². The minimum Gasteiger partial charge on any atom is -0.332 e. The Morgan fingerprint density at radius 2 is 1.76 bits per heavy atom. The topological polar surface area (TPSA) is 24.9 Å². The number of nitrogens with zero attached hydrogens (tertiary/aromatic N) is 1. The normalized spacial score (nSPS) is 10.6. The molecule has 0 bridgehead atoms. The van der Waals surface area contributed by atoms with E-state index in [1.54, 1.807) is 11.3 Å². The fourth-order valence-electron chi connectivity index (χ4n) is 1.58. The number of hydrogen-bond acceptors (Lipinski definition) is 3. The number of hydrogen-bond donors (Lipinski definition) is 1. The maximum Gasteiger partial charge on any atom is 0.188 e. The Hall–Kier alpha value is -1.39. The van der Waals surface area contributed by atoms with Gasteiger partial charge in [0.2, 0.25) is 0 Å².